The van der Waals surface area contributed by atoms with Crippen molar-refractivity contribution in [3.05, 3.63) is 103 Å². The maximum absolute atomic E-state index is 13.6. The van der Waals surface area contributed by atoms with Gasteiger partial charge in [-0.1, -0.05) is 70.2 Å². The van der Waals surface area contributed by atoms with E-state index in [4.69, 9.17) is 0 Å². The van der Waals surface area contributed by atoms with Gasteiger partial charge in [0.05, 0.1) is 0 Å². The summed E-state index contributed by atoms with van der Waals surface area (Å²) in [6.45, 7) is 3.50. The van der Waals surface area contributed by atoms with Gasteiger partial charge in [-0.05, 0) is 36.4 Å². The van der Waals surface area contributed by atoms with Crippen molar-refractivity contribution in [1.29, 1.82) is 0 Å². The number of rotatable bonds is 5. The van der Waals surface area contributed by atoms with Gasteiger partial charge in [-0.25, -0.2) is 4.21 Å². The van der Waals surface area contributed by atoms with Crippen molar-refractivity contribution >= 4 is 17.7 Å². The summed E-state index contributed by atoms with van der Waals surface area (Å²) in [7, 11) is -8.19. The highest BCUT2D eigenvalue weighted by Gasteiger charge is 2.51. The number of hydrogen-bond acceptors (Lipinski definition) is 1. The average molecular weight is 373 g/mol. The van der Waals surface area contributed by atoms with Gasteiger partial charge in [0.15, 0.2) is 0 Å². The summed E-state index contributed by atoms with van der Waals surface area (Å²) in [5, 5.41) is 0.805. The van der Waals surface area contributed by atoms with E-state index in [0.717, 1.165) is 5.41 Å². The summed E-state index contributed by atoms with van der Waals surface area (Å²) in [4.78, 5) is 1.78. The second kappa shape index (κ2) is 6.28. The Morgan fingerprint density at radius 2 is 0.960 bits per heavy atom. The first-order valence-corrected chi connectivity index (χ1v) is 11.8. The first-order valence-electron chi connectivity index (χ1n) is 7.69. The second-order valence-electron chi connectivity index (χ2n) is 5.51. The van der Waals surface area contributed by atoms with Gasteiger partial charge >= 0.3 is 0 Å². The Hall–Kier alpha value is -2.18. The van der Waals surface area contributed by atoms with Gasteiger partial charge in [0, 0.05) is 20.1 Å². The fraction of sp³-hybridized carbons (Fsp3) is 0. The van der Waals surface area contributed by atoms with Crippen LogP contribution < -0.4 is 0 Å². The van der Waals surface area contributed by atoms with Crippen LogP contribution in [0.2, 0.25) is 0 Å². The molecule has 0 aliphatic heterocycles. The van der Waals surface area contributed by atoms with Gasteiger partial charge in [-0.15, -0.1) is 0 Å². The van der Waals surface area contributed by atoms with Gasteiger partial charge in [0.25, 0.3) is 0 Å². The van der Waals surface area contributed by atoms with Crippen molar-refractivity contribution in [2.24, 2.45) is 0 Å². The lowest BCUT2D eigenvalue weighted by atomic mass is 10.4. The molecule has 0 spiro atoms. The average Bonchev–Trinajstić information content (AvgIpc) is 2.64. The van der Waals surface area contributed by atoms with Crippen LogP contribution in [0.25, 0.3) is 0 Å². The van der Waals surface area contributed by atoms with Gasteiger partial charge in [0.2, 0.25) is 0 Å². The molecule has 0 bridgehead atoms. The third-order valence-electron chi connectivity index (χ3n) is 3.98. The third kappa shape index (κ3) is 2.75. The zero-order valence-corrected chi connectivity index (χ0v) is 15.2. The minimum absolute atomic E-state index is 0.592. The summed E-state index contributed by atoms with van der Waals surface area (Å²) in [6, 6.07) is 27.0. The van der Waals surface area contributed by atoms with E-state index >= 15 is 0 Å². The van der Waals surface area contributed by atoms with E-state index in [1.807, 2.05) is 18.2 Å². The molecule has 0 aromatic heterocycles. The van der Waals surface area contributed by atoms with Crippen LogP contribution in [-0.2, 0) is 8.66 Å². The van der Waals surface area contributed by atoms with Crippen LogP contribution >= 0.6 is 9.06 Å². The zero-order valence-electron chi connectivity index (χ0n) is 13.6. The van der Waals surface area contributed by atoms with Crippen LogP contribution in [0.5, 0.6) is 0 Å². The van der Waals surface area contributed by atoms with Crippen LogP contribution in [0.4, 0.5) is 0 Å². The molecule has 0 heterocycles. The lowest BCUT2D eigenvalue weighted by Crippen LogP contribution is -2.35. The Kier molecular flexibility index (Phi) is 4.43. The Morgan fingerprint density at radius 1 is 0.680 bits per heavy atom. The predicted molar refractivity (Wildman–Crippen MR) is 105 cm³/mol. The largest absolute Gasteiger partial charge is 0.298 e. The maximum atomic E-state index is 13.6. The van der Waals surface area contributed by atoms with Crippen molar-refractivity contribution in [3.8, 4) is 0 Å². The summed E-state index contributed by atoms with van der Waals surface area (Å²) in [5.74, 6) is 0. The third-order valence-corrected chi connectivity index (χ3v) is 13.3. The molecular formula is C20H20O3S2. The molecule has 130 valence electrons. The first-order chi connectivity index (χ1) is 11.9. The smallest absolute Gasteiger partial charge is 0.144 e. The Bertz CT molecular complexity index is 836. The van der Waals surface area contributed by atoms with Crippen molar-refractivity contribution < 1.29 is 13.3 Å². The molecule has 0 unspecified atom stereocenters. The van der Waals surface area contributed by atoms with E-state index in [1.165, 1.54) is 0 Å². The Labute approximate surface area is 148 Å². The molecule has 0 saturated carbocycles. The molecule has 0 radical (unpaired) electrons. The highest BCUT2D eigenvalue weighted by atomic mass is 33.2. The fourth-order valence-electron chi connectivity index (χ4n) is 2.89. The molecule has 0 amide bonds. The summed E-state index contributed by atoms with van der Waals surface area (Å²) in [5.41, 5.74) is 0. The molecule has 0 aliphatic carbocycles. The standard InChI is InChI=1S/C20H20O3S2/c1-2-25(21,22,23)24(18-12-6-3-7-13-18,19-14-8-4-9-15-19)20-16-10-5-11-17-20/h2-17H,1H2,(H2,21,22,23). The second-order valence-corrected chi connectivity index (χ2v) is 13.5. The van der Waals surface area contributed by atoms with Crippen LogP contribution in [0.3, 0.4) is 0 Å². The molecule has 5 heteroatoms. The van der Waals surface area contributed by atoms with E-state index in [2.05, 4.69) is 6.58 Å². The molecule has 0 aliphatic rings. The van der Waals surface area contributed by atoms with E-state index in [-0.39, 0.29) is 0 Å². The lowest BCUT2D eigenvalue weighted by molar-refractivity contribution is 0.426. The van der Waals surface area contributed by atoms with E-state index in [1.54, 1.807) is 72.8 Å². The van der Waals surface area contributed by atoms with Crippen LogP contribution in [-0.4, -0.2) is 13.3 Å². The molecular weight excluding hydrogens is 352 g/mol. The normalized spacial score (nSPS) is 14.2. The van der Waals surface area contributed by atoms with Crippen LogP contribution in [0, 0.1) is 0 Å². The monoisotopic (exact) mass is 372 g/mol. The number of benzene rings is 3. The van der Waals surface area contributed by atoms with Gasteiger partial charge in [0.1, 0.15) is 8.66 Å². The Morgan fingerprint density at radius 3 is 1.20 bits per heavy atom. The highest BCUT2D eigenvalue weighted by molar-refractivity contribution is 8.98. The van der Waals surface area contributed by atoms with Gasteiger partial charge < -0.3 is 0 Å². The van der Waals surface area contributed by atoms with E-state index in [9.17, 15) is 13.3 Å². The quantitative estimate of drug-likeness (QED) is 0.557. The minimum atomic E-state index is -5.28. The number of hydrogen-bond donors (Lipinski definition) is 2. The highest BCUT2D eigenvalue weighted by Crippen LogP contribution is 2.79. The molecule has 0 atom stereocenters. The zero-order chi connectivity index (χ0) is 18.0. The molecule has 0 fully saturated rings. The van der Waals surface area contributed by atoms with Gasteiger partial charge in [-0.3, -0.25) is 9.11 Å². The van der Waals surface area contributed by atoms with Crippen molar-refractivity contribution in [1.82, 2.24) is 0 Å². The Balaban J connectivity index is 2.55. The SMILES string of the molecule is C=CS(=O)(O)(O)S(c1ccccc1)(c1ccccc1)c1ccccc1. The summed E-state index contributed by atoms with van der Waals surface area (Å²) >= 11 is 0. The van der Waals surface area contributed by atoms with Crippen LogP contribution in [0.1, 0.15) is 0 Å². The predicted octanol–water partition coefficient (Wildman–Crippen LogP) is 5.79. The van der Waals surface area contributed by atoms with Crippen molar-refractivity contribution in [2.45, 2.75) is 14.7 Å². The summed E-state index contributed by atoms with van der Waals surface area (Å²) in [6.07, 6.45) is 0. The van der Waals surface area contributed by atoms with E-state index in [0.29, 0.717) is 14.7 Å². The molecule has 3 rings (SSSR count). The van der Waals surface area contributed by atoms with E-state index < -0.39 is 17.7 Å². The topological polar surface area (TPSA) is 57.5 Å². The first kappa shape index (κ1) is 17.6. The fourth-order valence-corrected chi connectivity index (χ4v) is 11.5. The molecule has 3 aromatic carbocycles. The summed E-state index contributed by atoms with van der Waals surface area (Å²) < 4.78 is 35.8. The van der Waals surface area contributed by atoms with Crippen LogP contribution in [0.15, 0.2) is 118 Å². The molecule has 2 N–H and O–H groups in total. The molecule has 3 nitrogen and oxygen atoms in total. The minimum Gasteiger partial charge on any atom is -0.298 e. The maximum Gasteiger partial charge on any atom is 0.144 e. The lowest BCUT2D eigenvalue weighted by Gasteiger charge is -2.52. The molecule has 0 saturated heterocycles. The van der Waals surface area contributed by atoms with Crippen molar-refractivity contribution in [2.75, 3.05) is 0 Å². The van der Waals surface area contributed by atoms with Gasteiger partial charge in [-0.2, -0.15) is 0 Å². The van der Waals surface area contributed by atoms with Crippen molar-refractivity contribution in [3.63, 3.8) is 0 Å². The molecule has 3 aromatic rings. The molecule has 25 heavy (non-hydrogen) atoms.